The van der Waals surface area contributed by atoms with Crippen LogP contribution in [-0.4, -0.2) is 24.7 Å². The Hall–Kier alpha value is -0.570. The first-order valence-electron chi connectivity index (χ1n) is 8.24. The minimum Gasteiger partial charge on any atom is -0.380 e. The molecule has 0 spiro atoms. The summed E-state index contributed by atoms with van der Waals surface area (Å²) in [7, 11) is 0. The molecule has 0 rings (SSSR count). The van der Waals surface area contributed by atoms with Gasteiger partial charge >= 0.3 is 0 Å². The molecule has 0 radical (unpaired) electrons. The normalized spacial score (nSPS) is 13.3. The highest BCUT2D eigenvalue weighted by atomic mass is 16.5. The highest BCUT2D eigenvalue weighted by Gasteiger charge is 2.24. The lowest BCUT2D eigenvalue weighted by Gasteiger charge is -2.26. The number of hydrogen-bond donors (Lipinski definition) is 1. The molecule has 1 N–H and O–H groups in total. The quantitative estimate of drug-likeness (QED) is 0.775. The molecule has 22 heavy (non-hydrogen) atoms. The highest BCUT2D eigenvalue weighted by Crippen LogP contribution is 2.17. The molecule has 0 aliphatic carbocycles. The summed E-state index contributed by atoms with van der Waals surface area (Å²) < 4.78 is 5.56. The van der Waals surface area contributed by atoms with Crippen LogP contribution in [0.4, 0.5) is 0 Å². The molecule has 0 fully saturated rings. The van der Waals surface area contributed by atoms with Gasteiger partial charge in [0.1, 0.15) is 0 Å². The minimum atomic E-state index is -0.284. The molecule has 0 aromatic carbocycles. The summed E-state index contributed by atoms with van der Waals surface area (Å²) in [5, 5.41) is 2.92. The zero-order chi connectivity index (χ0) is 18.4. The van der Waals surface area contributed by atoms with Crippen molar-refractivity contribution in [2.24, 2.45) is 16.2 Å². The Bertz CT molecular complexity index is 305. The molecule has 0 aromatic rings. The predicted molar refractivity (Wildman–Crippen MR) is 97.1 cm³/mol. The van der Waals surface area contributed by atoms with Crippen LogP contribution in [0.15, 0.2) is 0 Å². The van der Waals surface area contributed by atoms with Crippen LogP contribution < -0.4 is 5.32 Å². The number of ether oxygens (including phenoxy) is 1. The predicted octanol–water partition coefficient (Wildman–Crippen LogP) is 5.04. The third-order valence-electron chi connectivity index (χ3n) is 2.24. The van der Waals surface area contributed by atoms with E-state index in [1.165, 1.54) is 0 Å². The maximum Gasteiger partial charge on any atom is 0.225 e. The Morgan fingerprint density at radius 3 is 1.18 bits per heavy atom. The lowest BCUT2D eigenvalue weighted by Crippen LogP contribution is -2.46. The zero-order valence-corrected chi connectivity index (χ0v) is 17.2. The van der Waals surface area contributed by atoms with Crippen LogP contribution in [0.25, 0.3) is 0 Å². The largest absolute Gasteiger partial charge is 0.380 e. The summed E-state index contributed by atoms with van der Waals surface area (Å²) >= 11 is 0. The first-order chi connectivity index (χ1) is 9.33. The van der Waals surface area contributed by atoms with Gasteiger partial charge in [0.15, 0.2) is 0 Å². The lowest BCUT2D eigenvalue weighted by molar-refractivity contribution is -0.130. The van der Waals surface area contributed by atoms with E-state index < -0.39 is 0 Å². The van der Waals surface area contributed by atoms with Crippen molar-refractivity contribution in [1.82, 2.24) is 5.32 Å². The third kappa shape index (κ3) is 19.4. The summed E-state index contributed by atoms with van der Waals surface area (Å²) in [5.74, 6) is 0.102. The number of nitrogens with one attached hydrogen (secondary N) is 1. The molecule has 0 heterocycles. The van der Waals surface area contributed by atoms with E-state index in [2.05, 4.69) is 46.9 Å². The van der Waals surface area contributed by atoms with Gasteiger partial charge in [-0.15, -0.1) is 0 Å². The Balaban J connectivity index is 0. The molecule has 1 amide bonds. The Morgan fingerprint density at radius 1 is 0.727 bits per heavy atom. The summed E-state index contributed by atoms with van der Waals surface area (Å²) in [5.41, 5.74) is 0.189. The first kappa shape index (κ1) is 23.7. The summed E-state index contributed by atoms with van der Waals surface area (Å²) in [4.78, 5) is 11.4. The van der Waals surface area contributed by atoms with Gasteiger partial charge in [-0.05, 0) is 31.6 Å². The van der Waals surface area contributed by atoms with E-state index >= 15 is 0 Å². The molecule has 0 aliphatic rings. The Kier molecular flexibility index (Phi) is 8.97. The van der Waals surface area contributed by atoms with Gasteiger partial charge in [-0.25, -0.2) is 0 Å². The molecule has 0 unspecified atom stereocenters. The topological polar surface area (TPSA) is 38.3 Å². The monoisotopic (exact) mass is 315 g/mol. The van der Waals surface area contributed by atoms with Gasteiger partial charge in [0.25, 0.3) is 0 Å². The molecule has 3 heteroatoms. The van der Waals surface area contributed by atoms with Gasteiger partial charge in [0.2, 0.25) is 5.91 Å². The smallest absolute Gasteiger partial charge is 0.225 e. The summed E-state index contributed by atoms with van der Waals surface area (Å²) in [6.45, 7) is 26.5. The van der Waals surface area contributed by atoms with Gasteiger partial charge in [-0.2, -0.15) is 0 Å². The van der Waals surface area contributed by atoms with E-state index in [0.717, 1.165) is 13.2 Å². The molecule has 0 atom stereocenters. The second-order valence-corrected chi connectivity index (χ2v) is 10.6. The van der Waals surface area contributed by atoms with Crippen LogP contribution in [0.2, 0.25) is 0 Å². The van der Waals surface area contributed by atoms with E-state index in [0.29, 0.717) is 10.8 Å². The number of carbonyl (C=O) groups excluding carboxylic acids is 1. The number of amides is 1. The van der Waals surface area contributed by atoms with Crippen LogP contribution in [0.5, 0.6) is 0 Å². The summed E-state index contributed by atoms with van der Waals surface area (Å²) in [6, 6.07) is 0. The fraction of sp³-hybridized carbons (Fsp3) is 0.947. The van der Waals surface area contributed by atoms with Crippen molar-refractivity contribution in [1.29, 1.82) is 0 Å². The van der Waals surface area contributed by atoms with Crippen molar-refractivity contribution in [3.05, 3.63) is 0 Å². The van der Waals surface area contributed by atoms with Crippen molar-refractivity contribution < 1.29 is 9.53 Å². The average Bonchev–Trinajstić information content (AvgIpc) is 2.09. The number of hydrogen-bond acceptors (Lipinski definition) is 2. The van der Waals surface area contributed by atoms with Crippen molar-refractivity contribution >= 4 is 5.91 Å². The molecule has 0 aliphatic heterocycles. The van der Waals surface area contributed by atoms with E-state index in [1.54, 1.807) is 0 Å². The lowest BCUT2D eigenvalue weighted by atomic mass is 9.94. The molecule has 0 bridgehead atoms. The fourth-order valence-corrected chi connectivity index (χ4v) is 1.19. The fourth-order valence-electron chi connectivity index (χ4n) is 1.19. The maximum absolute atomic E-state index is 11.4. The van der Waals surface area contributed by atoms with Crippen molar-refractivity contribution in [3.8, 4) is 0 Å². The highest BCUT2D eigenvalue weighted by molar-refractivity contribution is 5.81. The third-order valence-corrected chi connectivity index (χ3v) is 2.24. The molecular formula is C19H41NO2. The van der Waals surface area contributed by atoms with Crippen LogP contribution in [0.3, 0.4) is 0 Å². The van der Waals surface area contributed by atoms with Crippen LogP contribution in [0, 0.1) is 16.2 Å². The van der Waals surface area contributed by atoms with Gasteiger partial charge in [0.05, 0.1) is 13.2 Å². The maximum atomic E-state index is 11.4. The molecule has 134 valence electrons. The van der Waals surface area contributed by atoms with Crippen LogP contribution >= 0.6 is 0 Å². The van der Waals surface area contributed by atoms with Gasteiger partial charge in [-0.1, -0.05) is 62.3 Å². The SMILES string of the molecule is CC(C)(C)COCC(C)(C)C.CC(C)(C)NC(=O)C(C)(C)C. The number of carbonyl (C=O) groups is 1. The van der Waals surface area contributed by atoms with Crippen molar-refractivity contribution in [3.63, 3.8) is 0 Å². The second kappa shape index (κ2) is 8.33. The molecule has 3 nitrogen and oxygen atoms in total. The van der Waals surface area contributed by atoms with Crippen LogP contribution in [0.1, 0.15) is 83.1 Å². The van der Waals surface area contributed by atoms with Crippen molar-refractivity contribution in [2.45, 2.75) is 88.6 Å². The molecule has 0 aromatic heterocycles. The molecule has 0 saturated carbocycles. The summed E-state index contributed by atoms with van der Waals surface area (Å²) in [6.07, 6.45) is 0. The van der Waals surface area contributed by atoms with Crippen LogP contribution in [-0.2, 0) is 9.53 Å². The molecular weight excluding hydrogens is 274 g/mol. The second-order valence-electron chi connectivity index (χ2n) is 10.6. The van der Waals surface area contributed by atoms with Gasteiger partial charge in [-0.3, -0.25) is 4.79 Å². The first-order valence-corrected chi connectivity index (χ1v) is 8.24. The average molecular weight is 316 g/mol. The number of rotatable bonds is 2. The van der Waals surface area contributed by atoms with Crippen molar-refractivity contribution in [2.75, 3.05) is 13.2 Å². The van der Waals surface area contributed by atoms with E-state index in [-0.39, 0.29) is 16.9 Å². The minimum absolute atomic E-state index is 0.102. The molecule has 0 saturated heterocycles. The van der Waals surface area contributed by atoms with Gasteiger partial charge < -0.3 is 10.1 Å². The van der Waals surface area contributed by atoms with Gasteiger partial charge in [0, 0.05) is 11.0 Å². The Morgan fingerprint density at radius 2 is 1.05 bits per heavy atom. The van der Waals surface area contributed by atoms with E-state index in [1.807, 2.05) is 41.5 Å². The van der Waals surface area contributed by atoms with E-state index in [9.17, 15) is 4.79 Å². The Labute approximate surface area is 139 Å². The zero-order valence-electron chi connectivity index (χ0n) is 17.2. The standard InChI is InChI=1S/C10H22O.C9H19NO/c1-9(2,3)7-11-8-10(4,5)6;1-8(2,3)7(11)10-9(4,5)6/h7-8H2,1-6H3;1-6H3,(H,10,11). The van der Waals surface area contributed by atoms with E-state index in [4.69, 9.17) is 4.74 Å².